The maximum absolute atomic E-state index is 12.2. The Balaban J connectivity index is 2.86. The smallest absolute Gasteiger partial charge is 0.302 e. The molecule has 0 N–H and O–H groups in total. The van der Waals surface area contributed by atoms with E-state index in [2.05, 4.69) is 17.1 Å². The fourth-order valence-corrected chi connectivity index (χ4v) is 1.56. The number of aromatic nitrogens is 3. The zero-order valence-electron chi connectivity index (χ0n) is 7.51. The van der Waals surface area contributed by atoms with Crippen LogP contribution in [0, 0.1) is 6.92 Å². The Kier molecular flexibility index (Phi) is 3.41. The van der Waals surface area contributed by atoms with Gasteiger partial charge in [-0.15, -0.1) is 10.2 Å². The molecule has 1 rings (SSSR count). The molecule has 0 spiro atoms. The van der Waals surface area contributed by atoms with Gasteiger partial charge in [-0.05, 0) is 6.42 Å². The summed E-state index contributed by atoms with van der Waals surface area (Å²) < 4.78 is 37.7. The summed E-state index contributed by atoms with van der Waals surface area (Å²) in [5, 5.41) is 6.80. The van der Waals surface area contributed by atoms with Crippen LogP contribution in [0.25, 0.3) is 0 Å². The van der Waals surface area contributed by atoms with E-state index in [0.717, 1.165) is 4.57 Å². The molecule has 1 heterocycles. The van der Waals surface area contributed by atoms with Gasteiger partial charge in [-0.2, -0.15) is 13.2 Å². The van der Waals surface area contributed by atoms with Crippen molar-refractivity contribution >= 4 is 11.8 Å². The third-order valence-corrected chi connectivity index (χ3v) is 2.57. The Bertz CT molecular complexity index is 308. The summed E-state index contributed by atoms with van der Waals surface area (Å²) in [5.74, 6) is -0.340. The molecule has 3 nitrogen and oxygen atoms in total. The van der Waals surface area contributed by atoms with Crippen LogP contribution in [0.4, 0.5) is 13.2 Å². The second-order valence-electron chi connectivity index (χ2n) is 2.56. The molecule has 14 heavy (non-hydrogen) atoms. The molecule has 0 saturated heterocycles. The highest BCUT2D eigenvalue weighted by atomic mass is 32.2. The second kappa shape index (κ2) is 4.20. The quantitative estimate of drug-likeness (QED) is 0.737. The molecule has 0 aliphatic carbocycles. The molecule has 0 atom stereocenters. The van der Waals surface area contributed by atoms with Gasteiger partial charge < -0.3 is 4.57 Å². The topological polar surface area (TPSA) is 30.7 Å². The number of alkyl halides is 3. The number of thioether (sulfide) groups is 1. The highest BCUT2D eigenvalue weighted by molar-refractivity contribution is 7.99. The van der Waals surface area contributed by atoms with Crippen LogP contribution in [0.1, 0.15) is 12.2 Å². The third kappa shape index (κ3) is 2.40. The van der Waals surface area contributed by atoms with Crippen molar-refractivity contribution in [2.45, 2.75) is 17.8 Å². The van der Waals surface area contributed by atoms with Gasteiger partial charge in [0.05, 0.1) is 0 Å². The van der Waals surface area contributed by atoms with Crippen molar-refractivity contribution in [1.82, 2.24) is 14.8 Å². The molecule has 0 fully saturated rings. The minimum atomic E-state index is -4.44. The van der Waals surface area contributed by atoms with Gasteiger partial charge >= 0.3 is 6.18 Å². The first kappa shape index (κ1) is 11.4. The van der Waals surface area contributed by atoms with Crippen LogP contribution in [-0.2, 0) is 13.2 Å². The molecular weight excluding hydrogens is 215 g/mol. The molecule has 0 aromatic carbocycles. The first-order valence-electron chi connectivity index (χ1n) is 3.85. The lowest BCUT2D eigenvalue weighted by atomic mass is 10.6. The average Bonchev–Trinajstić information content (AvgIpc) is 2.42. The first-order chi connectivity index (χ1) is 6.46. The zero-order chi connectivity index (χ0) is 10.8. The lowest BCUT2D eigenvalue weighted by Crippen LogP contribution is -2.12. The molecule has 0 amide bonds. The molecular formula is C7H9F3N3S. The Morgan fingerprint density at radius 3 is 2.50 bits per heavy atom. The normalized spacial score (nSPS) is 12.1. The van der Waals surface area contributed by atoms with Gasteiger partial charge in [0.1, 0.15) is 0 Å². The largest absolute Gasteiger partial charge is 0.451 e. The molecule has 0 saturated carbocycles. The Morgan fingerprint density at radius 2 is 2.07 bits per heavy atom. The van der Waals surface area contributed by atoms with E-state index in [9.17, 15) is 13.2 Å². The molecule has 79 valence electrons. The molecule has 1 aromatic heterocycles. The van der Waals surface area contributed by atoms with E-state index in [1.165, 1.54) is 18.8 Å². The van der Waals surface area contributed by atoms with E-state index < -0.39 is 12.0 Å². The molecule has 0 unspecified atom stereocenters. The van der Waals surface area contributed by atoms with Crippen LogP contribution in [0.2, 0.25) is 0 Å². The number of halogens is 3. The summed E-state index contributed by atoms with van der Waals surface area (Å²) in [4.78, 5) is 0. The van der Waals surface area contributed by atoms with E-state index in [1.54, 1.807) is 0 Å². The van der Waals surface area contributed by atoms with Crippen molar-refractivity contribution < 1.29 is 13.2 Å². The Morgan fingerprint density at radius 1 is 1.43 bits per heavy atom. The number of hydrogen-bond donors (Lipinski definition) is 0. The first-order valence-corrected chi connectivity index (χ1v) is 4.84. The molecule has 1 radical (unpaired) electrons. The highest BCUT2D eigenvalue weighted by Crippen LogP contribution is 2.29. The van der Waals surface area contributed by atoms with E-state index in [-0.39, 0.29) is 5.16 Å². The van der Waals surface area contributed by atoms with Crippen molar-refractivity contribution in [2.75, 3.05) is 5.75 Å². The van der Waals surface area contributed by atoms with Gasteiger partial charge in [-0.3, -0.25) is 0 Å². The predicted octanol–water partition coefficient (Wildman–Crippen LogP) is 2.15. The molecule has 0 aliphatic rings. The van der Waals surface area contributed by atoms with E-state index in [1.807, 2.05) is 0 Å². The Labute approximate surface area is 83.7 Å². The average molecular weight is 224 g/mol. The molecule has 1 aromatic rings. The maximum Gasteiger partial charge on any atom is 0.451 e. The van der Waals surface area contributed by atoms with Gasteiger partial charge in [0.2, 0.25) is 5.82 Å². The van der Waals surface area contributed by atoms with E-state index in [0.29, 0.717) is 12.2 Å². The fraction of sp³-hybridized carbons (Fsp3) is 0.571. The second-order valence-corrected chi connectivity index (χ2v) is 3.63. The van der Waals surface area contributed by atoms with Gasteiger partial charge in [-0.25, -0.2) is 0 Å². The predicted molar refractivity (Wildman–Crippen MR) is 46.7 cm³/mol. The van der Waals surface area contributed by atoms with Crippen LogP contribution in [-0.4, -0.2) is 20.5 Å². The van der Waals surface area contributed by atoms with E-state index >= 15 is 0 Å². The van der Waals surface area contributed by atoms with Crippen LogP contribution in [0.3, 0.4) is 0 Å². The van der Waals surface area contributed by atoms with Gasteiger partial charge in [-0.1, -0.05) is 18.7 Å². The van der Waals surface area contributed by atoms with Crippen molar-refractivity contribution in [1.29, 1.82) is 0 Å². The van der Waals surface area contributed by atoms with Crippen LogP contribution < -0.4 is 0 Å². The summed E-state index contributed by atoms with van der Waals surface area (Å²) in [6, 6.07) is 0. The minimum Gasteiger partial charge on any atom is -0.302 e. The van der Waals surface area contributed by atoms with Crippen molar-refractivity contribution in [2.24, 2.45) is 7.05 Å². The van der Waals surface area contributed by atoms with Crippen LogP contribution in [0.15, 0.2) is 5.16 Å². The summed E-state index contributed by atoms with van der Waals surface area (Å²) in [6.07, 6.45) is -3.80. The zero-order valence-corrected chi connectivity index (χ0v) is 8.32. The van der Waals surface area contributed by atoms with Crippen molar-refractivity contribution in [3.8, 4) is 0 Å². The molecule has 0 aliphatic heterocycles. The van der Waals surface area contributed by atoms with Crippen LogP contribution >= 0.6 is 11.8 Å². The highest BCUT2D eigenvalue weighted by Gasteiger charge is 2.37. The number of hydrogen-bond acceptors (Lipinski definition) is 3. The minimum absolute atomic E-state index is 0.265. The Hall–Kier alpha value is -0.720. The lowest BCUT2D eigenvalue weighted by molar-refractivity contribution is -0.147. The van der Waals surface area contributed by atoms with Crippen molar-refractivity contribution in [3.05, 3.63) is 12.7 Å². The maximum atomic E-state index is 12.2. The SMILES string of the molecule is [CH2]CCSc1nnc(C(F)(F)F)n1C. The standard InChI is InChI=1S/C7H9F3N3S/c1-3-4-14-6-12-11-5(13(6)2)7(8,9)10/h1,3-4H2,2H3. The molecule has 7 heteroatoms. The molecule has 0 bridgehead atoms. The monoisotopic (exact) mass is 224 g/mol. The number of nitrogens with zero attached hydrogens (tertiary/aromatic N) is 3. The van der Waals surface area contributed by atoms with Gasteiger partial charge in [0, 0.05) is 12.8 Å². The summed E-state index contributed by atoms with van der Waals surface area (Å²) in [7, 11) is 1.30. The number of rotatable bonds is 3. The summed E-state index contributed by atoms with van der Waals surface area (Å²) in [5.41, 5.74) is 0. The lowest BCUT2D eigenvalue weighted by Gasteiger charge is -2.05. The van der Waals surface area contributed by atoms with E-state index in [4.69, 9.17) is 0 Å². The third-order valence-electron chi connectivity index (χ3n) is 1.46. The van der Waals surface area contributed by atoms with Crippen molar-refractivity contribution in [3.63, 3.8) is 0 Å². The summed E-state index contributed by atoms with van der Waals surface area (Å²) >= 11 is 1.21. The van der Waals surface area contributed by atoms with Gasteiger partial charge in [0.25, 0.3) is 0 Å². The van der Waals surface area contributed by atoms with Crippen LogP contribution in [0.5, 0.6) is 0 Å². The summed E-state index contributed by atoms with van der Waals surface area (Å²) in [6.45, 7) is 3.59. The van der Waals surface area contributed by atoms with Gasteiger partial charge in [0.15, 0.2) is 5.16 Å². The fourth-order valence-electron chi connectivity index (χ4n) is 0.851.